The number of carbonyl (C=O) groups is 2. The maximum Gasteiger partial charge on any atom is 0.253 e. The van der Waals surface area contributed by atoms with Gasteiger partial charge in [0.1, 0.15) is 42.7 Å². The van der Waals surface area contributed by atoms with Crippen molar-refractivity contribution in [2.75, 3.05) is 39.2 Å². The molecule has 2 aliphatic rings. The summed E-state index contributed by atoms with van der Waals surface area (Å²) in [6.45, 7) is 0.811. The average Bonchev–Trinajstić information content (AvgIpc) is 3.52. The highest BCUT2D eigenvalue weighted by Gasteiger charge is 2.32. The van der Waals surface area contributed by atoms with E-state index in [1.807, 2.05) is 0 Å². The molecule has 1 aliphatic heterocycles. The second-order valence-electron chi connectivity index (χ2n) is 9.87. The fourth-order valence-electron chi connectivity index (χ4n) is 4.38. The lowest BCUT2D eigenvalue weighted by molar-refractivity contribution is -0.131. The van der Waals surface area contributed by atoms with Crippen LogP contribution in [0.4, 0.5) is 10.1 Å². The molecular formula is C28H32FN5O6. The summed E-state index contributed by atoms with van der Waals surface area (Å²) in [5.74, 6) is 1.04. The van der Waals surface area contributed by atoms with Crippen LogP contribution in [0.3, 0.4) is 0 Å². The van der Waals surface area contributed by atoms with E-state index in [2.05, 4.69) is 15.4 Å². The van der Waals surface area contributed by atoms with Gasteiger partial charge in [0.25, 0.3) is 5.91 Å². The second-order valence-corrected chi connectivity index (χ2v) is 9.87. The number of rotatable bonds is 12. The molecule has 1 saturated carbocycles. The minimum absolute atomic E-state index is 0.0116. The predicted octanol–water partition coefficient (Wildman–Crippen LogP) is 3.02. The summed E-state index contributed by atoms with van der Waals surface area (Å²) in [7, 11) is 3.18. The third-order valence-electron chi connectivity index (χ3n) is 6.78. The van der Waals surface area contributed by atoms with Crippen molar-refractivity contribution in [3.8, 4) is 17.4 Å². The Labute approximate surface area is 231 Å². The van der Waals surface area contributed by atoms with Gasteiger partial charge in [-0.15, -0.1) is 0 Å². The van der Waals surface area contributed by atoms with E-state index < -0.39 is 6.10 Å². The number of aromatic nitrogens is 3. The topological polar surface area (TPSA) is 117 Å². The molecule has 2 atom stereocenters. The molecule has 0 unspecified atom stereocenters. The highest BCUT2D eigenvalue weighted by atomic mass is 19.1. The smallest absolute Gasteiger partial charge is 0.253 e. The number of hydrogen-bond acceptors (Lipinski definition) is 8. The van der Waals surface area contributed by atoms with Crippen molar-refractivity contribution in [2.24, 2.45) is 0 Å². The zero-order chi connectivity index (χ0) is 28.1. The quantitative estimate of drug-likeness (QED) is 0.364. The zero-order valence-corrected chi connectivity index (χ0v) is 22.4. The Morgan fingerprint density at radius 2 is 2.08 bits per heavy atom. The van der Waals surface area contributed by atoms with Crippen LogP contribution in [0.1, 0.15) is 30.7 Å². The Hall–Kier alpha value is -4.19. The molecule has 3 heterocycles. The SMILES string of the molecule is COc1cc(O[C@H]2CO[C@H](C(=O)Nc3cnn(CC(=O)N(C)CCOc4ccc(C5CC5)c(F)c4)c3)C2)ccn1. The van der Waals surface area contributed by atoms with Crippen molar-refractivity contribution in [3.05, 3.63) is 60.3 Å². The van der Waals surface area contributed by atoms with Crippen LogP contribution in [0.15, 0.2) is 48.9 Å². The van der Waals surface area contributed by atoms with E-state index in [1.54, 1.807) is 43.7 Å². The standard InChI is InChI=1S/C28H32FN5O6/c1-33(9-10-38-20-5-6-23(18-3-4-18)24(29)11-20)27(35)16-34-15-19(14-31-34)32-28(36)25-12-22(17-39-25)40-21-7-8-30-26(13-21)37-2/h5-8,11,13-15,18,22,25H,3-4,9-10,12,16-17H2,1-2H3,(H,32,36)/t22-,25+/m1/s1. The van der Waals surface area contributed by atoms with Crippen molar-refractivity contribution in [1.82, 2.24) is 19.7 Å². The van der Waals surface area contributed by atoms with Crippen LogP contribution in [-0.4, -0.2) is 77.6 Å². The van der Waals surface area contributed by atoms with Gasteiger partial charge in [-0.25, -0.2) is 9.37 Å². The van der Waals surface area contributed by atoms with Crippen molar-refractivity contribution >= 4 is 17.5 Å². The molecule has 40 heavy (non-hydrogen) atoms. The molecule has 0 bridgehead atoms. The van der Waals surface area contributed by atoms with E-state index >= 15 is 0 Å². The Morgan fingerprint density at radius 3 is 2.85 bits per heavy atom. The number of benzene rings is 1. The lowest BCUT2D eigenvalue weighted by Gasteiger charge is -2.17. The number of nitrogens with one attached hydrogen (secondary N) is 1. The number of hydrogen-bond donors (Lipinski definition) is 1. The fraction of sp³-hybridized carbons (Fsp3) is 0.429. The molecule has 1 aromatic carbocycles. The normalized spacial score (nSPS) is 18.3. The summed E-state index contributed by atoms with van der Waals surface area (Å²) in [6.07, 6.45) is 6.11. The van der Waals surface area contributed by atoms with Gasteiger partial charge in [0.2, 0.25) is 11.8 Å². The lowest BCUT2D eigenvalue weighted by atomic mass is 10.1. The molecular weight excluding hydrogens is 521 g/mol. The number of ether oxygens (including phenoxy) is 4. The minimum atomic E-state index is -0.678. The fourth-order valence-corrected chi connectivity index (χ4v) is 4.38. The summed E-state index contributed by atoms with van der Waals surface area (Å²) in [4.78, 5) is 30.9. The van der Waals surface area contributed by atoms with Crippen LogP contribution < -0.4 is 19.5 Å². The molecule has 1 saturated heterocycles. The molecule has 11 nitrogen and oxygen atoms in total. The molecule has 2 fully saturated rings. The first-order valence-corrected chi connectivity index (χ1v) is 13.2. The van der Waals surface area contributed by atoms with Gasteiger partial charge in [0, 0.05) is 38.0 Å². The molecule has 1 aliphatic carbocycles. The first-order chi connectivity index (χ1) is 19.4. The van der Waals surface area contributed by atoms with Gasteiger partial charge in [-0.1, -0.05) is 6.07 Å². The van der Waals surface area contributed by atoms with Gasteiger partial charge in [0.15, 0.2) is 0 Å². The van der Waals surface area contributed by atoms with E-state index in [0.717, 1.165) is 18.4 Å². The van der Waals surface area contributed by atoms with Gasteiger partial charge < -0.3 is 29.2 Å². The number of carbonyl (C=O) groups excluding carboxylic acids is 2. The largest absolute Gasteiger partial charge is 0.492 e. The van der Waals surface area contributed by atoms with Crippen LogP contribution in [0.25, 0.3) is 0 Å². The van der Waals surface area contributed by atoms with Crippen LogP contribution in [0.5, 0.6) is 17.4 Å². The molecule has 2 aromatic heterocycles. The van der Waals surface area contributed by atoms with E-state index in [0.29, 0.717) is 41.9 Å². The molecule has 1 N–H and O–H groups in total. The first-order valence-electron chi connectivity index (χ1n) is 13.2. The van der Waals surface area contributed by atoms with Crippen LogP contribution in [-0.2, 0) is 20.9 Å². The highest BCUT2D eigenvalue weighted by molar-refractivity contribution is 5.94. The summed E-state index contributed by atoms with van der Waals surface area (Å²) in [6, 6.07) is 8.32. The Morgan fingerprint density at radius 1 is 1.23 bits per heavy atom. The Bertz CT molecular complexity index is 1350. The summed E-state index contributed by atoms with van der Waals surface area (Å²) < 4.78 is 37.9. The first kappa shape index (κ1) is 27.4. The molecule has 212 valence electrons. The van der Waals surface area contributed by atoms with Crippen LogP contribution in [0.2, 0.25) is 0 Å². The Kier molecular flexibility index (Phi) is 8.44. The molecule has 0 spiro atoms. The molecule has 3 aromatic rings. The second kappa shape index (κ2) is 12.3. The van der Waals surface area contributed by atoms with Crippen molar-refractivity contribution < 1.29 is 32.9 Å². The molecule has 2 amide bonds. The zero-order valence-electron chi connectivity index (χ0n) is 22.4. The number of anilines is 1. The van der Waals surface area contributed by atoms with Gasteiger partial charge in [-0.05, 0) is 36.5 Å². The van der Waals surface area contributed by atoms with Crippen LogP contribution in [0, 0.1) is 5.82 Å². The number of nitrogens with zero attached hydrogens (tertiary/aromatic N) is 4. The monoisotopic (exact) mass is 553 g/mol. The van der Waals surface area contributed by atoms with Crippen LogP contribution >= 0.6 is 0 Å². The van der Waals surface area contributed by atoms with E-state index in [1.165, 1.54) is 29.0 Å². The molecule has 0 radical (unpaired) electrons. The average molecular weight is 554 g/mol. The van der Waals surface area contributed by atoms with Gasteiger partial charge in [-0.2, -0.15) is 5.10 Å². The minimum Gasteiger partial charge on any atom is -0.492 e. The van der Waals surface area contributed by atoms with Gasteiger partial charge in [0.05, 0.1) is 32.1 Å². The molecule has 12 heteroatoms. The van der Waals surface area contributed by atoms with Crippen molar-refractivity contribution in [2.45, 2.75) is 43.9 Å². The third-order valence-corrected chi connectivity index (χ3v) is 6.78. The Balaban J connectivity index is 1.03. The van der Waals surface area contributed by atoms with E-state index in [4.69, 9.17) is 18.9 Å². The predicted molar refractivity (Wildman–Crippen MR) is 142 cm³/mol. The number of amides is 2. The van der Waals surface area contributed by atoms with Gasteiger partial charge >= 0.3 is 0 Å². The summed E-state index contributed by atoms with van der Waals surface area (Å²) in [5, 5.41) is 6.94. The van der Waals surface area contributed by atoms with Crippen molar-refractivity contribution in [3.63, 3.8) is 0 Å². The van der Waals surface area contributed by atoms with E-state index in [-0.39, 0.29) is 43.5 Å². The number of pyridine rings is 1. The van der Waals surface area contributed by atoms with Crippen molar-refractivity contribution in [1.29, 1.82) is 0 Å². The van der Waals surface area contributed by atoms with Gasteiger partial charge in [-0.3, -0.25) is 14.3 Å². The number of halogens is 1. The molecule has 5 rings (SSSR count). The summed E-state index contributed by atoms with van der Waals surface area (Å²) >= 11 is 0. The lowest BCUT2D eigenvalue weighted by Crippen LogP contribution is -2.33. The maximum atomic E-state index is 14.2. The number of methoxy groups -OCH3 is 1. The van der Waals surface area contributed by atoms with E-state index in [9.17, 15) is 14.0 Å². The summed E-state index contributed by atoms with van der Waals surface area (Å²) in [5.41, 5.74) is 1.19. The highest BCUT2D eigenvalue weighted by Crippen LogP contribution is 2.41. The third kappa shape index (κ3) is 7.06. The number of likely N-dealkylation sites (N-methyl/N-ethyl adjacent to an activating group) is 1. The maximum absolute atomic E-state index is 14.2.